The summed E-state index contributed by atoms with van der Waals surface area (Å²) in [4.78, 5) is 4.45. The van der Waals surface area contributed by atoms with E-state index < -0.39 is 6.04 Å². The minimum atomic E-state index is -0.438. The molecule has 0 aliphatic heterocycles. The van der Waals surface area contributed by atoms with Gasteiger partial charge in [-0.2, -0.15) is 10.5 Å². The molecule has 0 saturated heterocycles. The van der Waals surface area contributed by atoms with E-state index in [4.69, 9.17) is 0 Å². The minimum absolute atomic E-state index is 0.0326. The van der Waals surface area contributed by atoms with Gasteiger partial charge in [0.25, 0.3) is 0 Å². The summed E-state index contributed by atoms with van der Waals surface area (Å²) in [5, 5.41) is 36.6. The van der Waals surface area contributed by atoms with Crippen molar-refractivity contribution in [2.75, 3.05) is 17.2 Å². The van der Waals surface area contributed by atoms with E-state index in [1.54, 1.807) is 18.2 Å². The molecule has 202 valence electrons. The van der Waals surface area contributed by atoms with Gasteiger partial charge >= 0.3 is 0 Å². The minimum Gasteiger partial charge on any atom is -0.383 e. The summed E-state index contributed by atoms with van der Waals surface area (Å²) >= 11 is 0. The summed E-state index contributed by atoms with van der Waals surface area (Å²) in [6, 6.07) is 14.0. The second kappa shape index (κ2) is 9.60. The number of nitrogens with one attached hydrogen (secondary N) is 2. The van der Waals surface area contributed by atoms with E-state index in [9.17, 15) is 14.9 Å². The van der Waals surface area contributed by atoms with Crippen LogP contribution in [0, 0.1) is 39.8 Å². The van der Waals surface area contributed by atoms with E-state index in [0.29, 0.717) is 51.6 Å². The van der Waals surface area contributed by atoms with Crippen molar-refractivity contribution in [3.05, 3.63) is 77.0 Å². The van der Waals surface area contributed by atoms with E-state index in [2.05, 4.69) is 58.8 Å². The molecule has 8 nitrogen and oxygen atoms in total. The number of aromatic nitrogens is 4. The standard InChI is InChI=1S/C31H31FN8/c1-30(2,3)18-36-28-21(15-34)16-35-27-20(14-33)12-24(13-25(27)28)37-29(19-4-8-23(32)9-5-19)26-17-40(39-38-26)31(10-11-31)22-6-7-22/h4-5,8-9,12-13,16-17,22,29,37H,6-7,10-11,18H2,1-3H3,(H,35,36). The largest absolute Gasteiger partial charge is 0.383 e. The fraction of sp³-hybridized carbons (Fsp3) is 0.387. The van der Waals surface area contributed by atoms with Gasteiger partial charge in [0.1, 0.15) is 23.6 Å². The summed E-state index contributed by atoms with van der Waals surface area (Å²) in [7, 11) is 0. The highest BCUT2D eigenvalue weighted by atomic mass is 19.1. The first-order chi connectivity index (χ1) is 19.2. The Kier molecular flexibility index (Phi) is 6.18. The lowest BCUT2D eigenvalue weighted by Gasteiger charge is -2.22. The zero-order chi connectivity index (χ0) is 28.1. The highest BCUT2D eigenvalue weighted by Gasteiger charge is 2.56. The average Bonchev–Trinajstić information content (AvgIpc) is 3.87. The Morgan fingerprint density at radius 1 is 1.10 bits per heavy atom. The molecule has 2 aliphatic carbocycles. The van der Waals surface area contributed by atoms with Gasteiger partial charge in [-0.15, -0.1) is 5.10 Å². The van der Waals surface area contributed by atoms with E-state index in [1.807, 2.05) is 16.9 Å². The van der Waals surface area contributed by atoms with Crippen LogP contribution in [-0.2, 0) is 5.54 Å². The fourth-order valence-corrected chi connectivity index (χ4v) is 5.45. The highest BCUT2D eigenvalue weighted by Crippen LogP contribution is 2.59. The van der Waals surface area contributed by atoms with Crippen molar-refractivity contribution in [3.8, 4) is 12.1 Å². The normalized spacial score (nSPS) is 16.6. The molecule has 2 N–H and O–H groups in total. The maximum Gasteiger partial charge on any atom is 0.123 e. The first-order valence-electron chi connectivity index (χ1n) is 13.7. The van der Waals surface area contributed by atoms with Gasteiger partial charge < -0.3 is 10.6 Å². The molecule has 40 heavy (non-hydrogen) atoms. The van der Waals surface area contributed by atoms with Crippen molar-refractivity contribution in [1.29, 1.82) is 10.5 Å². The summed E-state index contributed by atoms with van der Waals surface area (Å²) in [6.07, 6.45) is 8.20. The number of nitriles is 2. The van der Waals surface area contributed by atoms with Crippen LogP contribution in [0.1, 0.15) is 74.9 Å². The van der Waals surface area contributed by atoms with Gasteiger partial charge in [0.05, 0.1) is 40.1 Å². The average molecular weight is 535 g/mol. The van der Waals surface area contributed by atoms with Crippen LogP contribution < -0.4 is 10.6 Å². The van der Waals surface area contributed by atoms with Crippen LogP contribution in [0.15, 0.2) is 48.8 Å². The van der Waals surface area contributed by atoms with Gasteiger partial charge in [-0.05, 0) is 66.8 Å². The molecule has 1 atom stereocenters. The Hall–Kier alpha value is -4.50. The second-order valence-electron chi connectivity index (χ2n) is 12.2. The number of halogens is 1. The molecule has 0 bridgehead atoms. The molecule has 2 fully saturated rings. The Bertz CT molecular complexity index is 1660. The van der Waals surface area contributed by atoms with Gasteiger partial charge in [-0.25, -0.2) is 9.07 Å². The first kappa shape index (κ1) is 25.8. The number of rotatable bonds is 8. The number of hydrogen-bond donors (Lipinski definition) is 2. The van der Waals surface area contributed by atoms with E-state index in [0.717, 1.165) is 18.4 Å². The molecule has 2 saturated carbocycles. The van der Waals surface area contributed by atoms with E-state index >= 15 is 0 Å². The van der Waals surface area contributed by atoms with Crippen molar-refractivity contribution in [2.45, 2.75) is 58.0 Å². The van der Waals surface area contributed by atoms with Crippen LogP contribution in [-0.4, -0.2) is 26.5 Å². The molecule has 4 aromatic rings. The molecule has 0 radical (unpaired) electrons. The zero-order valence-corrected chi connectivity index (χ0v) is 22.9. The van der Waals surface area contributed by atoms with Gasteiger partial charge in [-0.1, -0.05) is 38.1 Å². The third-order valence-electron chi connectivity index (χ3n) is 7.88. The molecule has 2 aromatic heterocycles. The van der Waals surface area contributed by atoms with Gasteiger partial charge in [0.2, 0.25) is 0 Å². The summed E-state index contributed by atoms with van der Waals surface area (Å²) < 4.78 is 15.9. The predicted octanol–water partition coefficient (Wildman–Crippen LogP) is 6.27. The highest BCUT2D eigenvalue weighted by molar-refractivity contribution is 5.99. The zero-order valence-electron chi connectivity index (χ0n) is 22.9. The van der Waals surface area contributed by atoms with Crippen molar-refractivity contribution in [1.82, 2.24) is 20.0 Å². The lowest BCUT2D eigenvalue weighted by Crippen LogP contribution is -2.20. The van der Waals surface area contributed by atoms with Crippen molar-refractivity contribution in [3.63, 3.8) is 0 Å². The van der Waals surface area contributed by atoms with Gasteiger partial charge in [-0.3, -0.25) is 4.98 Å². The number of fused-ring (bicyclic) bond motifs is 1. The number of anilines is 2. The molecular weight excluding hydrogens is 503 g/mol. The molecular formula is C31H31FN8. The predicted molar refractivity (Wildman–Crippen MR) is 151 cm³/mol. The Morgan fingerprint density at radius 3 is 2.45 bits per heavy atom. The van der Waals surface area contributed by atoms with E-state index in [1.165, 1.54) is 31.2 Å². The van der Waals surface area contributed by atoms with Crippen LogP contribution in [0.5, 0.6) is 0 Å². The topological polar surface area (TPSA) is 115 Å². The van der Waals surface area contributed by atoms with Crippen LogP contribution in [0.3, 0.4) is 0 Å². The van der Waals surface area contributed by atoms with Crippen molar-refractivity contribution in [2.24, 2.45) is 11.3 Å². The van der Waals surface area contributed by atoms with Crippen LogP contribution in [0.2, 0.25) is 0 Å². The Balaban J connectivity index is 1.43. The molecule has 2 heterocycles. The quantitative estimate of drug-likeness (QED) is 0.274. The number of benzene rings is 2. The van der Waals surface area contributed by atoms with E-state index in [-0.39, 0.29) is 16.8 Å². The monoisotopic (exact) mass is 534 g/mol. The van der Waals surface area contributed by atoms with Crippen LogP contribution in [0.4, 0.5) is 15.8 Å². The molecule has 1 unspecified atom stereocenters. The molecule has 2 aliphatic rings. The third kappa shape index (κ3) is 4.84. The number of nitrogens with zero attached hydrogens (tertiary/aromatic N) is 6. The summed E-state index contributed by atoms with van der Waals surface area (Å²) in [5.74, 6) is 0.345. The van der Waals surface area contributed by atoms with Crippen molar-refractivity contribution < 1.29 is 4.39 Å². The SMILES string of the molecule is CC(C)(C)CNc1c(C#N)cnc2c(C#N)cc(NC(c3ccc(F)cc3)c3cn(C4(C5CC5)CC4)nn3)cc12. The lowest BCUT2D eigenvalue weighted by atomic mass is 9.96. The van der Waals surface area contributed by atoms with Gasteiger partial charge in [0, 0.05) is 23.8 Å². The lowest BCUT2D eigenvalue weighted by molar-refractivity contribution is 0.371. The Labute approximate surface area is 232 Å². The molecule has 0 spiro atoms. The Morgan fingerprint density at radius 2 is 1.82 bits per heavy atom. The number of hydrogen-bond acceptors (Lipinski definition) is 7. The maximum absolute atomic E-state index is 13.9. The summed E-state index contributed by atoms with van der Waals surface area (Å²) in [5.41, 5.74) is 4.20. The molecule has 0 amide bonds. The molecule has 2 aromatic carbocycles. The van der Waals surface area contributed by atoms with Gasteiger partial charge in [0.15, 0.2) is 0 Å². The summed E-state index contributed by atoms with van der Waals surface area (Å²) in [6.45, 7) is 6.96. The third-order valence-corrected chi connectivity index (χ3v) is 7.88. The number of pyridine rings is 1. The maximum atomic E-state index is 13.9. The first-order valence-corrected chi connectivity index (χ1v) is 13.7. The van der Waals surface area contributed by atoms with Crippen molar-refractivity contribution >= 4 is 22.3 Å². The molecule has 9 heteroatoms. The fourth-order valence-electron chi connectivity index (χ4n) is 5.45. The van der Waals surface area contributed by atoms with Crippen LogP contribution >= 0.6 is 0 Å². The smallest absolute Gasteiger partial charge is 0.123 e. The second-order valence-corrected chi connectivity index (χ2v) is 12.2. The molecule has 6 rings (SSSR count). The van der Waals surface area contributed by atoms with Crippen LogP contribution in [0.25, 0.3) is 10.9 Å².